The highest BCUT2D eigenvalue weighted by Gasteiger charge is 2.07. The molecule has 0 radical (unpaired) electrons. The third-order valence-corrected chi connectivity index (χ3v) is 4.12. The van der Waals surface area contributed by atoms with Crippen molar-refractivity contribution in [1.29, 1.82) is 0 Å². The summed E-state index contributed by atoms with van der Waals surface area (Å²) in [6, 6.07) is 18.6. The molecule has 0 spiro atoms. The Hall–Kier alpha value is -2.87. The minimum Gasteiger partial charge on any atom is -0.489 e. The molecular formula is C22H21NO. The van der Waals surface area contributed by atoms with E-state index in [4.69, 9.17) is 4.74 Å². The number of benzene rings is 3. The Morgan fingerprint density at radius 2 is 1.83 bits per heavy atom. The lowest BCUT2D eigenvalue weighted by molar-refractivity contribution is 0.363. The number of nitrogens with zero attached hydrogens (tertiary/aromatic N) is 1. The van der Waals surface area contributed by atoms with E-state index in [-0.39, 0.29) is 0 Å². The lowest BCUT2D eigenvalue weighted by Crippen LogP contribution is -1.98. The molecule has 120 valence electrons. The lowest BCUT2D eigenvalue weighted by atomic mass is 10.0. The molecular weight excluding hydrogens is 294 g/mol. The van der Waals surface area contributed by atoms with Crippen LogP contribution < -0.4 is 4.74 Å². The number of hydrogen-bond donors (Lipinski definition) is 0. The Bertz CT molecular complexity index is 909. The molecule has 0 N–H and O–H groups in total. The summed E-state index contributed by atoms with van der Waals surface area (Å²) >= 11 is 0. The highest BCUT2D eigenvalue weighted by Crippen LogP contribution is 2.27. The van der Waals surface area contributed by atoms with Crippen LogP contribution in [-0.2, 0) is 0 Å². The quantitative estimate of drug-likeness (QED) is 0.432. The monoisotopic (exact) mass is 315 g/mol. The van der Waals surface area contributed by atoms with Gasteiger partial charge in [-0.1, -0.05) is 49.1 Å². The second-order valence-electron chi connectivity index (χ2n) is 5.82. The van der Waals surface area contributed by atoms with Crippen LogP contribution >= 0.6 is 0 Å². The highest BCUT2D eigenvalue weighted by atomic mass is 16.5. The van der Waals surface area contributed by atoms with Gasteiger partial charge in [-0.25, -0.2) is 0 Å². The van der Waals surface area contributed by atoms with Crippen LogP contribution in [0.2, 0.25) is 0 Å². The van der Waals surface area contributed by atoms with E-state index in [0.29, 0.717) is 6.61 Å². The van der Waals surface area contributed by atoms with E-state index < -0.39 is 0 Å². The summed E-state index contributed by atoms with van der Waals surface area (Å²) in [5.74, 6) is 0.821. The zero-order valence-electron chi connectivity index (χ0n) is 14.1. The van der Waals surface area contributed by atoms with Gasteiger partial charge in [0.15, 0.2) is 0 Å². The molecule has 0 bridgehead atoms. The number of ether oxygens (including phenoxy) is 1. The van der Waals surface area contributed by atoms with Gasteiger partial charge in [-0.2, -0.15) is 0 Å². The highest BCUT2D eigenvalue weighted by molar-refractivity contribution is 6.03. The topological polar surface area (TPSA) is 21.6 Å². The number of aryl methyl sites for hydroxylation is 2. The molecule has 2 nitrogen and oxygen atoms in total. The summed E-state index contributed by atoms with van der Waals surface area (Å²) in [6.45, 7) is 8.40. The van der Waals surface area contributed by atoms with Gasteiger partial charge in [-0.15, -0.1) is 0 Å². The molecule has 0 amide bonds. The molecule has 2 heteroatoms. The molecule has 0 fully saturated rings. The van der Waals surface area contributed by atoms with Gasteiger partial charge in [0.05, 0.1) is 5.69 Å². The summed E-state index contributed by atoms with van der Waals surface area (Å²) in [4.78, 5) is 4.67. The third-order valence-electron chi connectivity index (χ3n) is 4.12. The Kier molecular flexibility index (Phi) is 4.76. The van der Waals surface area contributed by atoms with Crippen molar-refractivity contribution in [3.8, 4) is 5.75 Å². The Balaban J connectivity index is 2.06. The van der Waals surface area contributed by atoms with E-state index in [1.54, 1.807) is 6.08 Å². The Morgan fingerprint density at radius 1 is 1.00 bits per heavy atom. The predicted octanol–water partition coefficient (Wildman–Crippen LogP) is 5.77. The molecule has 0 aliphatic heterocycles. The van der Waals surface area contributed by atoms with E-state index in [1.165, 1.54) is 16.5 Å². The maximum absolute atomic E-state index is 5.82. The molecule has 0 heterocycles. The fraction of sp³-hybridized carbons (Fsp3) is 0.136. The molecule has 3 rings (SSSR count). The number of aliphatic imine (C=N–C) groups is 1. The van der Waals surface area contributed by atoms with E-state index in [9.17, 15) is 0 Å². The minimum absolute atomic E-state index is 0.475. The smallest absolute Gasteiger partial charge is 0.129 e. The van der Waals surface area contributed by atoms with Crippen LogP contribution in [0.25, 0.3) is 10.8 Å². The summed E-state index contributed by atoms with van der Waals surface area (Å²) in [5.41, 5.74) is 4.45. The molecule has 24 heavy (non-hydrogen) atoms. The van der Waals surface area contributed by atoms with Crippen LogP contribution in [0, 0.1) is 13.8 Å². The normalized spacial score (nSPS) is 11.1. The van der Waals surface area contributed by atoms with Crippen molar-refractivity contribution in [3.05, 3.63) is 83.9 Å². The first-order valence-corrected chi connectivity index (χ1v) is 8.06. The summed E-state index contributed by atoms with van der Waals surface area (Å²) in [7, 11) is 0. The van der Waals surface area contributed by atoms with Gasteiger partial charge in [0.1, 0.15) is 12.4 Å². The maximum Gasteiger partial charge on any atom is 0.129 e. The number of rotatable bonds is 5. The molecule has 0 unspecified atom stereocenters. The van der Waals surface area contributed by atoms with Crippen molar-refractivity contribution in [2.24, 2.45) is 4.99 Å². The third kappa shape index (κ3) is 3.38. The van der Waals surface area contributed by atoms with Gasteiger partial charge >= 0.3 is 0 Å². The lowest BCUT2D eigenvalue weighted by Gasteiger charge is -2.10. The average Bonchev–Trinajstić information content (AvgIpc) is 2.61. The molecule has 0 saturated heterocycles. The van der Waals surface area contributed by atoms with Crippen LogP contribution in [0.1, 0.15) is 16.7 Å². The molecule has 0 saturated carbocycles. The van der Waals surface area contributed by atoms with E-state index in [1.807, 2.05) is 30.5 Å². The Morgan fingerprint density at radius 3 is 2.62 bits per heavy atom. The van der Waals surface area contributed by atoms with Crippen molar-refractivity contribution in [3.63, 3.8) is 0 Å². The van der Waals surface area contributed by atoms with Crippen LogP contribution in [0.15, 0.2) is 72.2 Å². The van der Waals surface area contributed by atoms with Crippen molar-refractivity contribution >= 4 is 22.7 Å². The van der Waals surface area contributed by atoms with Crippen molar-refractivity contribution < 1.29 is 4.74 Å². The maximum atomic E-state index is 5.82. The van der Waals surface area contributed by atoms with Gasteiger partial charge < -0.3 is 4.74 Å². The fourth-order valence-corrected chi connectivity index (χ4v) is 2.63. The van der Waals surface area contributed by atoms with E-state index in [0.717, 1.165) is 22.4 Å². The fourth-order valence-electron chi connectivity index (χ4n) is 2.63. The summed E-state index contributed by atoms with van der Waals surface area (Å²) in [6.07, 6.45) is 3.64. The van der Waals surface area contributed by atoms with Crippen molar-refractivity contribution in [2.45, 2.75) is 13.8 Å². The molecule has 3 aromatic carbocycles. The second kappa shape index (κ2) is 7.14. The molecule has 0 aliphatic rings. The Labute approximate surface area is 143 Å². The first-order valence-electron chi connectivity index (χ1n) is 8.06. The van der Waals surface area contributed by atoms with Crippen molar-refractivity contribution in [1.82, 2.24) is 0 Å². The zero-order chi connectivity index (χ0) is 16.9. The van der Waals surface area contributed by atoms with Gasteiger partial charge in [0.25, 0.3) is 0 Å². The first kappa shape index (κ1) is 16.0. The number of fused-ring (bicyclic) bond motifs is 1. The molecule has 0 aromatic heterocycles. The van der Waals surface area contributed by atoms with Gasteiger partial charge in [-0.3, -0.25) is 4.99 Å². The van der Waals surface area contributed by atoms with Crippen molar-refractivity contribution in [2.75, 3.05) is 6.61 Å². The molecule has 0 aliphatic carbocycles. The van der Waals surface area contributed by atoms with Gasteiger partial charge in [-0.05, 0) is 53.9 Å². The largest absolute Gasteiger partial charge is 0.489 e. The van der Waals surface area contributed by atoms with Crippen LogP contribution in [0.3, 0.4) is 0 Å². The van der Waals surface area contributed by atoms with Crippen LogP contribution in [-0.4, -0.2) is 12.8 Å². The molecule has 3 aromatic rings. The van der Waals surface area contributed by atoms with E-state index in [2.05, 4.69) is 55.8 Å². The SMILES string of the molecule is C=CCOc1ccc2ccccc2c1C=Nc1ccc(C)c(C)c1. The summed E-state index contributed by atoms with van der Waals surface area (Å²) in [5, 5.41) is 2.30. The predicted molar refractivity (Wildman–Crippen MR) is 103 cm³/mol. The first-order chi connectivity index (χ1) is 11.7. The zero-order valence-corrected chi connectivity index (χ0v) is 14.1. The van der Waals surface area contributed by atoms with E-state index >= 15 is 0 Å². The van der Waals surface area contributed by atoms with Gasteiger partial charge in [0.2, 0.25) is 0 Å². The van der Waals surface area contributed by atoms with Gasteiger partial charge in [0, 0.05) is 11.8 Å². The minimum atomic E-state index is 0.475. The molecule has 0 atom stereocenters. The average molecular weight is 315 g/mol. The number of hydrogen-bond acceptors (Lipinski definition) is 2. The standard InChI is InChI=1S/C22H21NO/c1-4-13-24-22-12-10-18-7-5-6-8-20(18)21(22)15-23-19-11-9-16(2)17(3)14-19/h4-12,14-15H,1,13H2,2-3H3. The van der Waals surface area contributed by atoms with Crippen LogP contribution in [0.4, 0.5) is 5.69 Å². The second-order valence-corrected chi connectivity index (χ2v) is 5.82. The summed E-state index contributed by atoms with van der Waals surface area (Å²) < 4.78 is 5.82. The van der Waals surface area contributed by atoms with Crippen LogP contribution in [0.5, 0.6) is 5.75 Å².